The van der Waals surface area contributed by atoms with Crippen LogP contribution in [0.1, 0.15) is 53.4 Å². The molecular weight excluding hydrogens is 287 g/mol. The van der Waals surface area contributed by atoms with E-state index in [1.165, 1.54) is 23.7 Å². The van der Waals surface area contributed by atoms with Crippen LogP contribution < -0.4 is 0 Å². The van der Waals surface area contributed by atoms with Crippen LogP contribution in [0.15, 0.2) is 0 Å². The van der Waals surface area contributed by atoms with Crippen molar-refractivity contribution < 1.29 is 5.11 Å². The summed E-state index contributed by atoms with van der Waals surface area (Å²) in [4.78, 5) is 0. The van der Waals surface area contributed by atoms with Crippen molar-refractivity contribution in [1.82, 2.24) is 0 Å². The fraction of sp³-hybridized carbons (Fsp3) is 1.00. The molecule has 0 amide bonds. The zero-order valence-electron chi connectivity index (χ0n) is 10.2. The van der Waals surface area contributed by atoms with Crippen molar-refractivity contribution in [1.29, 1.82) is 0 Å². The number of rotatable bonds is 6. The molecule has 0 rings (SSSR count). The fourth-order valence-corrected chi connectivity index (χ4v) is 1.59. The second-order valence-electron chi connectivity index (χ2n) is 4.12. The third-order valence-electron chi connectivity index (χ3n) is 2.14. The molecule has 0 aromatic heterocycles. The molecule has 1 N–H and O–H groups in total. The Labute approximate surface area is 104 Å². The summed E-state index contributed by atoms with van der Waals surface area (Å²) >= 11 is 2.44. The zero-order chi connectivity index (χ0) is 11.4. The van der Waals surface area contributed by atoms with Crippen LogP contribution in [0.2, 0.25) is 0 Å². The Hall–Kier alpha value is 0.690. The van der Waals surface area contributed by atoms with Gasteiger partial charge in [0.1, 0.15) is 0 Å². The molecule has 0 saturated carbocycles. The van der Waals surface area contributed by atoms with Crippen LogP contribution in [0.5, 0.6) is 0 Å². The second-order valence-corrected chi connectivity index (χ2v) is 5.01. The highest BCUT2D eigenvalue weighted by Crippen LogP contribution is 2.07. The van der Waals surface area contributed by atoms with Gasteiger partial charge < -0.3 is 5.11 Å². The van der Waals surface area contributed by atoms with Gasteiger partial charge >= 0.3 is 0 Å². The van der Waals surface area contributed by atoms with Crippen LogP contribution in [-0.4, -0.2) is 16.1 Å². The van der Waals surface area contributed by atoms with E-state index in [0.717, 1.165) is 12.3 Å². The molecule has 0 radical (unpaired) electrons. The molecular formula is C12H27IO. The Kier molecular flexibility index (Phi) is 16.7. The Bertz CT molecular complexity index is 84.3. The van der Waals surface area contributed by atoms with Crippen LogP contribution >= 0.6 is 22.6 Å². The predicted octanol–water partition coefficient (Wildman–Crippen LogP) is 4.27. The van der Waals surface area contributed by atoms with E-state index in [4.69, 9.17) is 5.11 Å². The lowest BCUT2D eigenvalue weighted by Crippen LogP contribution is -1.98. The standard InChI is InChI=1S/C6H13I.C6H14O/c2*1-3-4-6(2)5-7/h6H,3-5H2,1-2H3;6-7H,3-5H2,1-2H3. The monoisotopic (exact) mass is 314 g/mol. The quantitative estimate of drug-likeness (QED) is 0.573. The molecule has 0 aromatic carbocycles. The number of hydrogen-bond donors (Lipinski definition) is 1. The minimum Gasteiger partial charge on any atom is -0.396 e. The summed E-state index contributed by atoms with van der Waals surface area (Å²) in [6, 6.07) is 0. The maximum absolute atomic E-state index is 8.47. The fourth-order valence-electron chi connectivity index (χ4n) is 1.15. The first kappa shape index (κ1) is 17.1. The molecule has 0 aliphatic carbocycles. The highest BCUT2D eigenvalue weighted by Gasteiger charge is 1.94. The molecule has 0 heterocycles. The summed E-state index contributed by atoms with van der Waals surface area (Å²) in [7, 11) is 0. The van der Waals surface area contributed by atoms with E-state index in [2.05, 4.69) is 50.3 Å². The van der Waals surface area contributed by atoms with E-state index in [9.17, 15) is 0 Å². The van der Waals surface area contributed by atoms with Crippen molar-refractivity contribution in [2.75, 3.05) is 11.0 Å². The van der Waals surface area contributed by atoms with Crippen LogP contribution in [0.4, 0.5) is 0 Å². The summed E-state index contributed by atoms with van der Waals surface area (Å²) in [6.45, 7) is 9.07. The van der Waals surface area contributed by atoms with Crippen molar-refractivity contribution in [3.63, 3.8) is 0 Å². The third kappa shape index (κ3) is 15.2. The average molecular weight is 314 g/mol. The maximum atomic E-state index is 8.47. The van der Waals surface area contributed by atoms with Crippen molar-refractivity contribution in [3.05, 3.63) is 0 Å². The molecule has 88 valence electrons. The van der Waals surface area contributed by atoms with Crippen LogP contribution in [0.3, 0.4) is 0 Å². The minimum absolute atomic E-state index is 0.341. The van der Waals surface area contributed by atoms with Gasteiger partial charge in [-0.15, -0.1) is 0 Å². The molecule has 14 heavy (non-hydrogen) atoms. The normalized spacial score (nSPS) is 14.1. The highest BCUT2D eigenvalue weighted by atomic mass is 127. The van der Waals surface area contributed by atoms with Crippen molar-refractivity contribution >= 4 is 22.6 Å². The molecule has 0 saturated heterocycles. The molecule has 2 atom stereocenters. The third-order valence-corrected chi connectivity index (χ3v) is 3.64. The van der Waals surface area contributed by atoms with Gasteiger partial charge in [-0.3, -0.25) is 0 Å². The lowest BCUT2D eigenvalue weighted by molar-refractivity contribution is 0.229. The van der Waals surface area contributed by atoms with Crippen molar-refractivity contribution in [2.24, 2.45) is 11.8 Å². The topological polar surface area (TPSA) is 20.2 Å². The minimum atomic E-state index is 0.341. The smallest absolute Gasteiger partial charge is 0.0456 e. The van der Waals surface area contributed by atoms with Crippen LogP contribution in [0.25, 0.3) is 0 Å². The number of aliphatic hydroxyl groups is 1. The highest BCUT2D eigenvalue weighted by molar-refractivity contribution is 14.1. The summed E-state index contributed by atoms with van der Waals surface area (Å²) in [5.41, 5.74) is 0. The average Bonchev–Trinajstić information content (AvgIpc) is 2.19. The number of alkyl halides is 1. The number of aliphatic hydroxyl groups excluding tert-OH is 1. The SMILES string of the molecule is CCCC(C)CI.CCCC(C)CO. The van der Waals surface area contributed by atoms with Gasteiger partial charge in [0, 0.05) is 11.0 Å². The van der Waals surface area contributed by atoms with Crippen molar-refractivity contribution in [2.45, 2.75) is 53.4 Å². The van der Waals surface area contributed by atoms with Gasteiger partial charge in [0.2, 0.25) is 0 Å². The first-order valence-electron chi connectivity index (χ1n) is 5.79. The van der Waals surface area contributed by atoms with E-state index in [1.54, 1.807) is 0 Å². The van der Waals surface area contributed by atoms with Gasteiger partial charge in [-0.2, -0.15) is 0 Å². The second kappa shape index (κ2) is 13.7. The number of hydrogen-bond acceptors (Lipinski definition) is 1. The largest absolute Gasteiger partial charge is 0.396 e. The lowest BCUT2D eigenvalue weighted by Gasteiger charge is -2.01. The Morgan fingerprint density at radius 1 is 1.00 bits per heavy atom. The summed E-state index contributed by atoms with van der Waals surface area (Å²) in [6.07, 6.45) is 5.06. The predicted molar refractivity (Wildman–Crippen MR) is 74.1 cm³/mol. The Morgan fingerprint density at radius 3 is 1.57 bits per heavy atom. The molecule has 0 fully saturated rings. The molecule has 2 unspecified atom stereocenters. The van der Waals surface area contributed by atoms with E-state index in [-0.39, 0.29) is 0 Å². The molecule has 2 heteroatoms. The first-order valence-corrected chi connectivity index (χ1v) is 7.31. The maximum Gasteiger partial charge on any atom is 0.0456 e. The van der Waals surface area contributed by atoms with Gasteiger partial charge in [0.15, 0.2) is 0 Å². The molecule has 0 aliphatic rings. The summed E-state index contributed by atoms with van der Waals surface area (Å²) < 4.78 is 1.31. The number of halogens is 1. The molecule has 1 nitrogen and oxygen atoms in total. The lowest BCUT2D eigenvalue weighted by atomic mass is 10.1. The van der Waals surface area contributed by atoms with E-state index in [0.29, 0.717) is 12.5 Å². The molecule has 0 spiro atoms. The van der Waals surface area contributed by atoms with Crippen molar-refractivity contribution in [3.8, 4) is 0 Å². The summed E-state index contributed by atoms with van der Waals surface area (Å²) in [5, 5.41) is 8.47. The Morgan fingerprint density at radius 2 is 1.43 bits per heavy atom. The Balaban J connectivity index is 0. The van der Waals surface area contributed by atoms with Gasteiger partial charge in [0.05, 0.1) is 0 Å². The van der Waals surface area contributed by atoms with Crippen LogP contribution in [0, 0.1) is 11.8 Å². The molecule has 0 aliphatic heterocycles. The molecule has 0 aromatic rings. The first-order chi connectivity index (χ1) is 6.62. The van der Waals surface area contributed by atoms with Crippen LogP contribution in [-0.2, 0) is 0 Å². The van der Waals surface area contributed by atoms with Gasteiger partial charge in [-0.1, -0.05) is 69.5 Å². The summed E-state index contributed by atoms with van der Waals surface area (Å²) in [5.74, 6) is 1.44. The zero-order valence-corrected chi connectivity index (χ0v) is 12.4. The van der Waals surface area contributed by atoms with Gasteiger partial charge in [-0.25, -0.2) is 0 Å². The van der Waals surface area contributed by atoms with E-state index < -0.39 is 0 Å². The van der Waals surface area contributed by atoms with E-state index >= 15 is 0 Å². The molecule has 0 bridgehead atoms. The van der Waals surface area contributed by atoms with Gasteiger partial charge in [0.25, 0.3) is 0 Å². The van der Waals surface area contributed by atoms with Gasteiger partial charge in [-0.05, 0) is 18.3 Å². The van der Waals surface area contributed by atoms with E-state index in [1.807, 2.05) is 0 Å².